The van der Waals surface area contributed by atoms with Crippen LogP contribution >= 0.6 is 0 Å². The predicted molar refractivity (Wildman–Crippen MR) is 74.1 cm³/mol. The zero-order chi connectivity index (χ0) is 15.7. The molecule has 0 fully saturated rings. The number of aliphatic hydroxyl groups is 1. The first-order valence-corrected chi connectivity index (χ1v) is 6.63. The highest BCUT2D eigenvalue weighted by Crippen LogP contribution is 2.31. The summed E-state index contributed by atoms with van der Waals surface area (Å²) >= 11 is 0. The Labute approximate surface area is 124 Å². The fourth-order valence-electron chi connectivity index (χ4n) is 2.21. The molecule has 114 valence electrons. The average Bonchev–Trinajstić information content (AvgIpc) is 2.88. The Morgan fingerprint density at radius 1 is 1.09 bits per heavy atom. The summed E-state index contributed by atoms with van der Waals surface area (Å²) in [5, 5.41) is 10.1. The summed E-state index contributed by atoms with van der Waals surface area (Å²) in [4.78, 5) is 4.20. The molecule has 1 atom stereocenters. The van der Waals surface area contributed by atoms with Crippen LogP contribution in [0.15, 0.2) is 52.9 Å². The molecule has 1 N–H and O–H groups in total. The van der Waals surface area contributed by atoms with Crippen molar-refractivity contribution in [3.05, 3.63) is 65.5 Å². The average molecular weight is 307 g/mol. The van der Waals surface area contributed by atoms with Crippen molar-refractivity contribution in [3.8, 4) is 0 Å². The van der Waals surface area contributed by atoms with E-state index >= 15 is 0 Å². The van der Waals surface area contributed by atoms with Crippen molar-refractivity contribution in [1.82, 2.24) is 4.98 Å². The van der Waals surface area contributed by atoms with Crippen molar-refractivity contribution in [2.24, 2.45) is 0 Å². The van der Waals surface area contributed by atoms with E-state index in [0.29, 0.717) is 11.1 Å². The van der Waals surface area contributed by atoms with Gasteiger partial charge in [-0.25, -0.2) is 4.98 Å². The summed E-state index contributed by atoms with van der Waals surface area (Å²) in [6, 6.07) is 11.7. The second-order valence-electron chi connectivity index (χ2n) is 4.92. The van der Waals surface area contributed by atoms with Crippen LogP contribution in [-0.2, 0) is 12.6 Å². The summed E-state index contributed by atoms with van der Waals surface area (Å²) in [5.41, 5.74) is 0.612. The third-order valence-electron chi connectivity index (χ3n) is 3.30. The molecule has 1 heterocycles. The van der Waals surface area contributed by atoms with Crippen molar-refractivity contribution >= 4 is 11.1 Å². The van der Waals surface area contributed by atoms with E-state index in [9.17, 15) is 18.3 Å². The van der Waals surface area contributed by atoms with Gasteiger partial charge in [0.25, 0.3) is 0 Å². The van der Waals surface area contributed by atoms with Crippen LogP contribution in [0.2, 0.25) is 0 Å². The van der Waals surface area contributed by atoms with Gasteiger partial charge >= 0.3 is 6.18 Å². The minimum atomic E-state index is -4.44. The maximum Gasteiger partial charge on any atom is 0.416 e. The normalized spacial score (nSPS) is 13.5. The first-order valence-electron chi connectivity index (χ1n) is 6.63. The fraction of sp³-hybridized carbons (Fsp3) is 0.188. The molecule has 0 unspecified atom stereocenters. The molecule has 2 aromatic carbocycles. The lowest BCUT2D eigenvalue weighted by atomic mass is 10.0. The predicted octanol–water partition coefficient (Wildman–Crippen LogP) is 4.12. The molecule has 0 aliphatic heterocycles. The minimum Gasteiger partial charge on any atom is -0.441 e. The van der Waals surface area contributed by atoms with E-state index in [2.05, 4.69) is 4.98 Å². The van der Waals surface area contributed by atoms with Crippen molar-refractivity contribution in [2.45, 2.75) is 18.7 Å². The number of benzene rings is 2. The van der Waals surface area contributed by atoms with Crippen LogP contribution in [0.5, 0.6) is 0 Å². The van der Waals surface area contributed by atoms with Gasteiger partial charge in [0, 0.05) is 0 Å². The van der Waals surface area contributed by atoms with Crippen LogP contribution in [0.3, 0.4) is 0 Å². The van der Waals surface area contributed by atoms with Crippen molar-refractivity contribution in [1.29, 1.82) is 0 Å². The molecule has 0 aliphatic carbocycles. The van der Waals surface area contributed by atoms with Crippen LogP contribution < -0.4 is 0 Å². The Hall–Kier alpha value is -2.34. The molecule has 6 heteroatoms. The number of alkyl halides is 3. The third kappa shape index (κ3) is 2.96. The van der Waals surface area contributed by atoms with Crippen molar-refractivity contribution in [3.63, 3.8) is 0 Å². The molecule has 0 saturated carbocycles. The van der Waals surface area contributed by atoms with Gasteiger partial charge in [0.15, 0.2) is 11.5 Å². The molecule has 0 spiro atoms. The van der Waals surface area contributed by atoms with E-state index in [1.165, 1.54) is 12.1 Å². The van der Waals surface area contributed by atoms with Crippen LogP contribution in [-0.4, -0.2) is 10.1 Å². The number of hydrogen-bond donors (Lipinski definition) is 1. The van der Waals surface area contributed by atoms with E-state index < -0.39 is 17.8 Å². The van der Waals surface area contributed by atoms with E-state index in [-0.39, 0.29) is 17.9 Å². The lowest BCUT2D eigenvalue weighted by Crippen LogP contribution is -2.08. The van der Waals surface area contributed by atoms with Crippen LogP contribution in [0, 0.1) is 0 Å². The highest BCUT2D eigenvalue weighted by atomic mass is 19.4. The molecular weight excluding hydrogens is 295 g/mol. The van der Waals surface area contributed by atoms with E-state index in [1.807, 2.05) is 0 Å². The van der Waals surface area contributed by atoms with Crippen LogP contribution in [0.1, 0.15) is 23.1 Å². The first-order chi connectivity index (χ1) is 10.4. The number of para-hydroxylation sites is 2. The number of nitrogens with zero attached hydrogens (tertiary/aromatic N) is 1. The van der Waals surface area contributed by atoms with Gasteiger partial charge in [-0.1, -0.05) is 24.3 Å². The number of halogens is 3. The third-order valence-corrected chi connectivity index (χ3v) is 3.30. The van der Waals surface area contributed by atoms with Gasteiger partial charge in [-0.15, -0.1) is 0 Å². The number of oxazole rings is 1. The molecule has 0 radical (unpaired) electrons. The number of rotatable bonds is 3. The SMILES string of the molecule is O[C@@H](Cc1nc2ccccc2o1)c1cccc(C(F)(F)F)c1. The molecule has 3 aromatic rings. The van der Waals surface area contributed by atoms with Crippen molar-refractivity contribution < 1.29 is 22.7 Å². The molecule has 0 amide bonds. The Kier molecular flexibility index (Phi) is 3.62. The summed E-state index contributed by atoms with van der Waals surface area (Å²) in [5.74, 6) is 0.283. The van der Waals surface area contributed by atoms with Crippen molar-refractivity contribution in [2.75, 3.05) is 0 Å². The lowest BCUT2D eigenvalue weighted by Gasteiger charge is -2.12. The number of aromatic nitrogens is 1. The van der Waals surface area contributed by atoms with Gasteiger partial charge in [-0.3, -0.25) is 0 Å². The number of aliphatic hydroxyl groups excluding tert-OH is 1. The molecule has 3 nitrogen and oxygen atoms in total. The molecule has 3 rings (SSSR count). The summed E-state index contributed by atoms with van der Waals surface area (Å²) < 4.78 is 43.5. The van der Waals surface area contributed by atoms with Gasteiger partial charge in [-0.05, 0) is 29.8 Å². The monoisotopic (exact) mass is 307 g/mol. The second-order valence-corrected chi connectivity index (χ2v) is 4.92. The molecule has 22 heavy (non-hydrogen) atoms. The zero-order valence-electron chi connectivity index (χ0n) is 11.3. The Morgan fingerprint density at radius 3 is 2.59 bits per heavy atom. The maximum absolute atomic E-state index is 12.7. The van der Waals surface area contributed by atoms with E-state index in [1.54, 1.807) is 24.3 Å². The topological polar surface area (TPSA) is 46.3 Å². The largest absolute Gasteiger partial charge is 0.441 e. The summed E-state index contributed by atoms with van der Waals surface area (Å²) in [7, 11) is 0. The lowest BCUT2D eigenvalue weighted by molar-refractivity contribution is -0.137. The first kappa shape index (κ1) is 14.6. The number of fused-ring (bicyclic) bond motifs is 1. The minimum absolute atomic E-state index is 0.00991. The number of hydrogen-bond acceptors (Lipinski definition) is 3. The fourth-order valence-corrected chi connectivity index (χ4v) is 2.21. The van der Waals surface area contributed by atoms with Gasteiger partial charge in [0.2, 0.25) is 0 Å². The Morgan fingerprint density at radius 2 is 1.86 bits per heavy atom. The molecular formula is C16H12F3NO2. The summed E-state index contributed by atoms with van der Waals surface area (Å²) in [6.07, 6.45) is -5.54. The standard InChI is InChI=1S/C16H12F3NO2/c17-16(18,19)11-5-3-4-10(8-11)13(21)9-15-20-12-6-1-2-7-14(12)22-15/h1-8,13,21H,9H2/t13-/m0/s1. The Balaban J connectivity index is 1.83. The molecule has 0 bridgehead atoms. The quantitative estimate of drug-likeness (QED) is 0.791. The summed E-state index contributed by atoms with van der Waals surface area (Å²) in [6.45, 7) is 0. The highest BCUT2D eigenvalue weighted by molar-refractivity contribution is 5.72. The van der Waals surface area contributed by atoms with Crippen LogP contribution in [0.4, 0.5) is 13.2 Å². The second kappa shape index (κ2) is 5.46. The smallest absolute Gasteiger partial charge is 0.416 e. The van der Waals surface area contributed by atoms with Gasteiger partial charge in [-0.2, -0.15) is 13.2 Å². The van der Waals surface area contributed by atoms with Gasteiger partial charge in [0.1, 0.15) is 5.52 Å². The molecule has 0 aliphatic rings. The van der Waals surface area contributed by atoms with Gasteiger partial charge < -0.3 is 9.52 Å². The van der Waals surface area contributed by atoms with E-state index in [0.717, 1.165) is 12.1 Å². The molecule has 0 saturated heterocycles. The van der Waals surface area contributed by atoms with Crippen LogP contribution in [0.25, 0.3) is 11.1 Å². The van der Waals surface area contributed by atoms with E-state index in [4.69, 9.17) is 4.42 Å². The zero-order valence-corrected chi connectivity index (χ0v) is 11.3. The van der Waals surface area contributed by atoms with Gasteiger partial charge in [0.05, 0.1) is 18.1 Å². The molecule has 1 aromatic heterocycles. The Bertz CT molecular complexity index is 762. The highest BCUT2D eigenvalue weighted by Gasteiger charge is 2.31. The maximum atomic E-state index is 12.7.